The number of carbonyl (C=O) groups excluding carboxylic acids is 1. The first-order chi connectivity index (χ1) is 11.8. The van der Waals surface area contributed by atoms with Gasteiger partial charge in [-0.2, -0.15) is 5.10 Å². The molecule has 1 aromatic heterocycles. The number of hydrogen-bond acceptors (Lipinski definition) is 3. The number of fused-ring (bicyclic) bond motifs is 2. The molecule has 0 aliphatic heterocycles. The molecule has 2 saturated carbocycles. The van der Waals surface area contributed by atoms with E-state index < -0.39 is 0 Å². The van der Waals surface area contributed by atoms with Crippen LogP contribution in [0.3, 0.4) is 0 Å². The second kappa shape index (κ2) is 6.75. The van der Waals surface area contributed by atoms with Crippen molar-refractivity contribution in [2.45, 2.75) is 45.2 Å². The molecular weight excluding hydrogens is 300 g/mol. The maximum absolute atomic E-state index is 12.3. The van der Waals surface area contributed by atoms with Crippen LogP contribution in [0.15, 0.2) is 36.9 Å². The van der Waals surface area contributed by atoms with Crippen molar-refractivity contribution >= 4 is 5.91 Å². The Kier molecular flexibility index (Phi) is 4.32. The van der Waals surface area contributed by atoms with Crippen LogP contribution >= 0.6 is 0 Å². The van der Waals surface area contributed by atoms with Crippen LogP contribution in [0.25, 0.3) is 0 Å². The SMILES string of the molecule is O=C(C[C@H]1C[C@H]2CC[C@H]1C2)NCc1cccc(Cn2cncn2)c1. The molecule has 0 unspecified atom stereocenters. The molecule has 5 heteroatoms. The number of amides is 1. The second-order valence-electron chi connectivity index (χ2n) is 7.33. The van der Waals surface area contributed by atoms with Crippen LogP contribution in [0.4, 0.5) is 0 Å². The number of aromatic nitrogens is 3. The Balaban J connectivity index is 1.28. The van der Waals surface area contributed by atoms with E-state index in [-0.39, 0.29) is 5.91 Å². The van der Waals surface area contributed by atoms with Gasteiger partial charge in [-0.3, -0.25) is 4.79 Å². The van der Waals surface area contributed by atoms with Crippen molar-refractivity contribution in [2.24, 2.45) is 17.8 Å². The van der Waals surface area contributed by atoms with Gasteiger partial charge in [-0.1, -0.05) is 30.7 Å². The minimum Gasteiger partial charge on any atom is -0.352 e. The monoisotopic (exact) mass is 324 g/mol. The molecular formula is C19H24N4O. The Labute approximate surface area is 142 Å². The van der Waals surface area contributed by atoms with Gasteiger partial charge in [0.1, 0.15) is 12.7 Å². The second-order valence-corrected chi connectivity index (χ2v) is 7.33. The molecule has 1 aromatic carbocycles. The third-order valence-electron chi connectivity index (χ3n) is 5.62. The Hall–Kier alpha value is -2.17. The molecule has 0 spiro atoms. The van der Waals surface area contributed by atoms with E-state index in [1.165, 1.54) is 31.2 Å². The molecule has 24 heavy (non-hydrogen) atoms. The third-order valence-corrected chi connectivity index (χ3v) is 5.62. The molecule has 2 aliphatic rings. The lowest BCUT2D eigenvalue weighted by atomic mass is 9.86. The van der Waals surface area contributed by atoms with E-state index in [1.807, 2.05) is 6.07 Å². The first-order valence-corrected chi connectivity index (χ1v) is 8.93. The van der Waals surface area contributed by atoms with E-state index in [4.69, 9.17) is 0 Å². The maximum Gasteiger partial charge on any atom is 0.220 e. The first kappa shape index (κ1) is 15.4. The highest BCUT2D eigenvalue weighted by Crippen LogP contribution is 2.49. The van der Waals surface area contributed by atoms with Crippen molar-refractivity contribution in [1.29, 1.82) is 0 Å². The summed E-state index contributed by atoms with van der Waals surface area (Å²) in [5.41, 5.74) is 2.30. The van der Waals surface area contributed by atoms with Crippen LogP contribution in [0.1, 0.15) is 43.2 Å². The van der Waals surface area contributed by atoms with Crippen molar-refractivity contribution < 1.29 is 4.79 Å². The molecule has 2 aromatic rings. The molecule has 4 rings (SSSR count). The summed E-state index contributed by atoms with van der Waals surface area (Å²) in [5, 5.41) is 7.22. The van der Waals surface area contributed by atoms with Crippen LogP contribution < -0.4 is 5.32 Å². The molecule has 1 heterocycles. The topological polar surface area (TPSA) is 59.8 Å². The Morgan fingerprint density at radius 2 is 2.17 bits per heavy atom. The molecule has 126 valence electrons. The summed E-state index contributed by atoms with van der Waals surface area (Å²) >= 11 is 0. The number of rotatable bonds is 6. The van der Waals surface area contributed by atoms with Gasteiger partial charge in [0.25, 0.3) is 0 Å². The standard InChI is InChI=1S/C19H24N4O/c24-19(9-18-8-14-4-5-17(18)7-14)21-10-15-2-1-3-16(6-15)11-23-13-20-12-22-23/h1-3,6,12-14,17-18H,4-5,7-11H2,(H,21,24)/t14-,17-,18+/m0/s1. The normalized spacial score (nSPS) is 25.1. The van der Waals surface area contributed by atoms with Gasteiger partial charge in [-0.15, -0.1) is 0 Å². The molecule has 0 saturated heterocycles. The minimum atomic E-state index is 0.203. The summed E-state index contributed by atoms with van der Waals surface area (Å²) < 4.78 is 1.80. The van der Waals surface area contributed by atoms with Crippen molar-refractivity contribution in [3.63, 3.8) is 0 Å². The summed E-state index contributed by atoms with van der Waals surface area (Å²) in [6, 6.07) is 8.29. The van der Waals surface area contributed by atoms with E-state index in [0.717, 1.165) is 17.4 Å². The Morgan fingerprint density at radius 1 is 1.25 bits per heavy atom. The molecule has 2 fully saturated rings. The van der Waals surface area contributed by atoms with Gasteiger partial charge in [0.05, 0.1) is 6.54 Å². The van der Waals surface area contributed by atoms with Crippen LogP contribution in [0.2, 0.25) is 0 Å². The van der Waals surface area contributed by atoms with Crippen LogP contribution in [-0.4, -0.2) is 20.7 Å². The number of nitrogens with one attached hydrogen (secondary N) is 1. The fourth-order valence-electron chi connectivity index (χ4n) is 4.48. The van der Waals surface area contributed by atoms with Gasteiger partial charge in [0.2, 0.25) is 5.91 Å². The molecule has 3 atom stereocenters. The van der Waals surface area contributed by atoms with Crippen LogP contribution in [0.5, 0.6) is 0 Å². The van der Waals surface area contributed by atoms with E-state index >= 15 is 0 Å². The van der Waals surface area contributed by atoms with Crippen molar-refractivity contribution in [3.8, 4) is 0 Å². The summed E-state index contributed by atoms with van der Waals surface area (Å²) in [6.45, 7) is 1.30. The molecule has 5 nitrogen and oxygen atoms in total. The number of nitrogens with zero attached hydrogens (tertiary/aromatic N) is 3. The van der Waals surface area contributed by atoms with Crippen molar-refractivity contribution in [3.05, 3.63) is 48.0 Å². The quantitative estimate of drug-likeness (QED) is 0.889. The van der Waals surface area contributed by atoms with Crippen LogP contribution in [0, 0.1) is 17.8 Å². The molecule has 1 amide bonds. The fraction of sp³-hybridized carbons (Fsp3) is 0.526. The van der Waals surface area contributed by atoms with Gasteiger partial charge in [0.15, 0.2) is 0 Å². The largest absolute Gasteiger partial charge is 0.352 e. The van der Waals surface area contributed by atoms with Gasteiger partial charge in [-0.25, -0.2) is 9.67 Å². The number of hydrogen-bond donors (Lipinski definition) is 1. The van der Waals surface area contributed by atoms with Crippen molar-refractivity contribution in [2.75, 3.05) is 0 Å². The number of benzene rings is 1. The summed E-state index contributed by atoms with van der Waals surface area (Å²) in [7, 11) is 0. The third kappa shape index (κ3) is 3.50. The predicted octanol–water partition coefficient (Wildman–Crippen LogP) is 2.77. The molecule has 0 radical (unpaired) electrons. The highest BCUT2D eigenvalue weighted by atomic mass is 16.1. The lowest BCUT2D eigenvalue weighted by Crippen LogP contribution is -2.27. The van der Waals surface area contributed by atoms with Gasteiger partial charge >= 0.3 is 0 Å². The molecule has 2 aliphatic carbocycles. The average molecular weight is 324 g/mol. The zero-order valence-corrected chi connectivity index (χ0v) is 13.9. The van der Waals surface area contributed by atoms with Gasteiger partial charge in [-0.05, 0) is 48.1 Å². The smallest absolute Gasteiger partial charge is 0.220 e. The lowest BCUT2D eigenvalue weighted by molar-refractivity contribution is -0.122. The van der Waals surface area contributed by atoms with E-state index in [2.05, 4.69) is 33.6 Å². The average Bonchev–Trinajstić information content (AvgIpc) is 3.31. The summed E-state index contributed by atoms with van der Waals surface area (Å²) in [4.78, 5) is 16.2. The summed E-state index contributed by atoms with van der Waals surface area (Å²) in [5.74, 6) is 2.55. The van der Waals surface area contributed by atoms with E-state index in [0.29, 0.717) is 25.4 Å². The lowest BCUT2D eigenvalue weighted by Gasteiger charge is -2.20. The van der Waals surface area contributed by atoms with Crippen molar-refractivity contribution in [1.82, 2.24) is 20.1 Å². The summed E-state index contributed by atoms with van der Waals surface area (Å²) in [6.07, 6.45) is 9.32. The zero-order valence-electron chi connectivity index (χ0n) is 13.9. The maximum atomic E-state index is 12.3. The number of carbonyl (C=O) groups is 1. The Morgan fingerprint density at radius 3 is 2.92 bits per heavy atom. The van der Waals surface area contributed by atoms with Gasteiger partial charge in [0, 0.05) is 13.0 Å². The molecule has 1 N–H and O–H groups in total. The highest BCUT2D eigenvalue weighted by Gasteiger charge is 2.39. The zero-order chi connectivity index (χ0) is 16.4. The first-order valence-electron chi connectivity index (χ1n) is 8.93. The van der Waals surface area contributed by atoms with Crippen LogP contribution in [-0.2, 0) is 17.9 Å². The fourth-order valence-corrected chi connectivity index (χ4v) is 4.48. The van der Waals surface area contributed by atoms with Gasteiger partial charge < -0.3 is 5.32 Å². The molecule has 2 bridgehead atoms. The van der Waals surface area contributed by atoms with E-state index in [9.17, 15) is 4.79 Å². The predicted molar refractivity (Wildman–Crippen MR) is 91.0 cm³/mol. The minimum absolute atomic E-state index is 0.203. The van der Waals surface area contributed by atoms with E-state index in [1.54, 1.807) is 17.3 Å². The highest BCUT2D eigenvalue weighted by molar-refractivity contribution is 5.76. The Bertz CT molecular complexity index is 697.